The maximum atomic E-state index is 5.45. The highest BCUT2D eigenvalue weighted by atomic mass is 79.9. The fraction of sp³-hybridized carbons (Fsp3) is 0.538. The lowest BCUT2D eigenvalue weighted by atomic mass is 10.1. The van der Waals surface area contributed by atoms with Gasteiger partial charge in [0.25, 0.3) is 0 Å². The number of rotatable bonds is 3. The van der Waals surface area contributed by atoms with E-state index in [-0.39, 0.29) is 0 Å². The third-order valence-corrected chi connectivity index (χ3v) is 3.76. The predicted molar refractivity (Wildman–Crippen MR) is 69.4 cm³/mol. The molecule has 1 aliphatic heterocycles. The van der Waals surface area contributed by atoms with Crippen molar-refractivity contribution >= 4 is 15.9 Å². The Bertz CT molecular complexity index is 321. The first kappa shape index (κ1) is 12.1. The zero-order chi connectivity index (χ0) is 11.2. The first-order valence-electron chi connectivity index (χ1n) is 5.91. The van der Waals surface area contributed by atoms with Gasteiger partial charge >= 0.3 is 0 Å². The van der Waals surface area contributed by atoms with Crippen molar-refractivity contribution in [3.63, 3.8) is 0 Å². The molecule has 16 heavy (non-hydrogen) atoms. The van der Waals surface area contributed by atoms with Crippen LogP contribution in [0.25, 0.3) is 0 Å². The van der Waals surface area contributed by atoms with Crippen LogP contribution in [0.4, 0.5) is 0 Å². The molecule has 1 atom stereocenters. The van der Waals surface area contributed by atoms with Gasteiger partial charge in [-0.1, -0.05) is 34.1 Å². The second kappa shape index (κ2) is 6.38. The lowest BCUT2D eigenvalue weighted by Crippen LogP contribution is -2.28. The first-order valence-corrected chi connectivity index (χ1v) is 6.70. The summed E-state index contributed by atoms with van der Waals surface area (Å²) < 4.78 is 6.64. The monoisotopic (exact) mass is 283 g/mol. The summed E-state index contributed by atoms with van der Waals surface area (Å²) in [5, 5.41) is 3.61. The molecule has 1 heterocycles. The Hall–Kier alpha value is -0.380. The predicted octanol–water partition coefficient (Wildman–Crippen LogP) is 3.11. The van der Waals surface area contributed by atoms with Gasteiger partial charge in [-0.25, -0.2) is 0 Å². The van der Waals surface area contributed by atoms with Crippen LogP contribution in [0.5, 0.6) is 0 Å². The van der Waals surface area contributed by atoms with Crippen LogP contribution in [-0.2, 0) is 11.3 Å². The topological polar surface area (TPSA) is 21.3 Å². The molecule has 3 heteroatoms. The number of hydrogen-bond acceptors (Lipinski definition) is 2. The van der Waals surface area contributed by atoms with Crippen molar-refractivity contribution in [2.75, 3.05) is 13.2 Å². The van der Waals surface area contributed by atoms with E-state index >= 15 is 0 Å². The maximum absolute atomic E-state index is 5.45. The van der Waals surface area contributed by atoms with Crippen LogP contribution in [0, 0.1) is 0 Å². The molecule has 1 aromatic rings. The summed E-state index contributed by atoms with van der Waals surface area (Å²) in [4.78, 5) is 0. The van der Waals surface area contributed by atoms with E-state index in [1.165, 1.54) is 22.9 Å². The first-order chi connectivity index (χ1) is 7.86. The highest BCUT2D eigenvalue weighted by Gasteiger charge is 2.11. The average molecular weight is 284 g/mol. The van der Waals surface area contributed by atoms with Crippen molar-refractivity contribution in [1.82, 2.24) is 5.32 Å². The smallest absolute Gasteiger partial charge is 0.0480 e. The summed E-state index contributed by atoms with van der Waals surface area (Å²) >= 11 is 3.57. The number of halogens is 1. The lowest BCUT2D eigenvalue weighted by molar-refractivity contribution is 0.142. The van der Waals surface area contributed by atoms with Gasteiger partial charge in [0.2, 0.25) is 0 Å². The van der Waals surface area contributed by atoms with Crippen molar-refractivity contribution < 1.29 is 4.74 Å². The highest BCUT2D eigenvalue weighted by Crippen LogP contribution is 2.16. The van der Waals surface area contributed by atoms with Crippen LogP contribution < -0.4 is 5.32 Å². The molecule has 2 nitrogen and oxygen atoms in total. The number of benzene rings is 1. The molecule has 1 N–H and O–H groups in total. The molecule has 0 amide bonds. The van der Waals surface area contributed by atoms with Gasteiger partial charge in [0, 0.05) is 30.3 Å². The maximum Gasteiger partial charge on any atom is 0.0480 e. The van der Waals surface area contributed by atoms with Crippen molar-refractivity contribution in [3.05, 3.63) is 34.3 Å². The molecule has 0 bridgehead atoms. The van der Waals surface area contributed by atoms with E-state index in [9.17, 15) is 0 Å². The quantitative estimate of drug-likeness (QED) is 0.921. The Kier molecular flexibility index (Phi) is 4.82. The molecule has 0 saturated carbocycles. The van der Waals surface area contributed by atoms with Gasteiger partial charge in [0.15, 0.2) is 0 Å². The van der Waals surface area contributed by atoms with Gasteiger partial charge in [0.1, 0.15) is 0 Å². The minimum atomic E-state index is 0.606. The third kappa shape index (κ3) is 3.58. The average Bonchev–Trinajstić information content (AvgIpc) is 2.56. The molecular formula is C13H18BrNO. The largest absolute Gasteiger partial charge is 0.381 e. The third-order valence-electron chi connectivity index (χ3n) is 2.99. The number of hydrogen-bond donors (Lipinski definition) is 1. The fourth-order valence-corrected chi connectivity index (χ4v) is 2.43. The van der Waals surface area contributed by atoms with Crippen molar-refractivity contribution in [2.45, 2.75) is 31.8 Å². The summed E-state index contributed by atoms with van der Waals surface area (Å²) in [6, 6.07) is 8.98. The van der Waals surface area contributed by atoms with Crippen LogP contribution in [0.15, 0.2) is 28.7 Å². The van der Waals surface area contributed by atoms with Crippen LogP contribution in [0.2, 0.25) is 0 Å². The Morgan fingerprint density at radius 2 is 2.12 bits per heavy atom. The van der Waals surface area contributed by atoms with E-state index < -0.39 is 0 Å². The lowest BCUT2D eigenvalue weighted by Gasteiger charge is -2.16. The molecule has 0 radical (unpaired) electrons. The molecule has 1 aliphatic rings. The Morgan fingerprint density at radius 1 is 1.25 bits per heavy atom. The molecular weight excluding hydrogens is 266 g/mol. The fourth-order valence-electron chi connectivity index (χ4n) is 2.00. The second-order valence-corrected chi connectivity index (χ2v) is 5.07. The van der Waals surface area contributed by atoms with Crippen molar-refractivity contribution in [3.8, 4) is 0 Å². The van der Waals surface area contributed by atoms with Gasteiger partial charge < -0.3 is 10.1 Å². The zero-order valence-electron chi connectivity index (χ0n) is 9.42. The van der Waals surface area contributed by atoms with Crippen LogP contribution in [0.1, 0.15) is 24.8 Å². The summed E-state index contributed by atoms with van der Waals surface area (Å²) in [5.74, 6) is 0. The summed E-state index contributed by atoms with van der Waals surface area (Å²) in [6.07, 6.45) is 3.53. The van der Waals surface area contributed by atoms with E-state index in [1.54, 1.807) is 0 Å². The van der Waals surface area contributed by atoms with Gasteiger partial charge in [-0.2, -0.15) is 0 Å². The highest BCUT2D eigenvalue weighted by molar-refractivity contribution is 9.10. The molecule has 0 aliphatic carbocycles. The van der Waals surface area contributed by atoms with Gasteiger partial charge in [-0.05, 0) is 30.9 Å². The van der Waals surface area contributed by atoms with Gasteiger partial charge in [0.05, 0.1) is 0 Å². The summed E-state index contributed by atoms with van der Waals surface area (Å²) in [6.45, 7) is 2.76. The molecule has 0 aromatic heterocycles. The minimum absolute atomic E-state index is 0.606. The van der Waals surface area contributed by atoms with E-state index in [0.29, 0.717) is 6.04 Å². The normalized spacial score (nSPS) is 21.7. The van der Waals surface area contributed by atoms with Crippen LogP contribution >= 0.6 is 15.9 Å². The van der Waals surface area contributed by atoms with Gasteiger partial charge in [-0.15, -0.1) is 0 Å². The summed E-state index contributed by atoms with van der Waals surface area (Å²) in [5.41, 5.74) is 1.33. The molecule has 1 aromatic carbocycles. The van der Waals surface area contributed by atoms with Crippen LogP contribution in [-0.4, -0.2) is 19.3 Å². The van der Waals surface area contributed by atoms with Crippen molar-refractivity contribution in [1.29, 1.82) is 0 Å². The van der Waals surface area contributed by atoms with Crippen LogP contribution in [0.3, 0.4) is 0 Å². The second-order valence-electron chi connectivity index (χ2n) is 4.21. The van der Waals surface area contributed by atoms with E-state index in [0.717, 1.165) is 26.2 Å². The van der Waals surface area contributed by atoms with E-state index in [4.69, 9.17) is 4.74 Å². The molecule has 88 valence electrons. The summed E-state index contributed by atoms with van der Waals surface area (Å²) in [7, 11) is 0. The Labute approximate surface area is 106 Å². The Morgan fingerprint density at radius 3 is 3.00 bits per heavy atom. The number of nitrogens with one attached hydrogen (secondary N) is 1. The molecule has 1 saturated heterocycles. The zero-order valence-corrected chi connectivity index (χ0v) is 11.0. The minimum Gasteiger partial charge on any atom is -0.381 e. The molecule has 2 rings (SSSR count). The van der Waals surface area contributed by atoms with E-state index in [2.05, 4.69) is 39.4 Å². The Balaban J connectivity index is 1.84. The molecule has 0 spiro atoms. The van der Waals surface area contributed by atoms with E-state index in [1.807, 2.05) is 6.07 Å². The van der Waals surface area contributed by atoms with Crippen molar-refractivity contribution in [2.24, 2.45) is 0 Å². The SMILES string of the molecule is Brc1ccccc1CN[C@H]1CCCOCC1. The molecule has 1 fully saturated rings. The number of ether oxygens (including phenoxy) is 1. The standard InChI is InChI=1S/C13H18BrNO/c14-13-6-2-1-4-11(13)10-15-12-5-3-8-16-9-7-12/h1-2,4,6,12,15H,3,5,7-10H2/t12-/m0/s1. The molecule has 0 unspecified atom stereocenters. The van der Waals surface area contributed by atoms with Gasteiger partial charge in [-0.3, -0.25) is 0 Å².